The number of carbonyl (C=O) groups excluding carboxylic acids is 2. The first kappa shape index (κ1) is 29.3. The number of ether oxygens (including phenoxy) is 1. The number of halogens is 2. The summed E-state index contributed by atoms with van der Waals surface area (Å²) >= 11 is 13.3. The lowest BCUT2D eigenvalue weighted by Crippen LogP contribution is -2.37. The van der Waals surface area contributed by atoms with Crippen molar-refractivity contribution in [3.63, 3.8) is 0 Å². The molecule has 0 saturated heterocycles. The van der Waals surface area contributed by atoms with Gasteiger partial charge in [-0.1, -0.05) is 37.0 Å². The summed E-state index contributed by atoms with van der Waals surface area (Å²) in [6.07, 6.45) is 1.92. The van der Waals surface area contributed by atoms with Crippen molar-refractivity contribution in [2.45, 2.75) is 46.2 Å². The molecule has 0 aliphatic carbocycles. The molecule has 0 bridgehead atoms. The first-order valence-corrected chi connectivity index (χ1v) is 13.4. The summed E-state index contributed by atoms with van der Waals surface area (Å²) in [5.74, 6) is -0.202. The lowest BCUT2D eigenvalue weighted by atomic mass is 10.1. The summed E-state index contributed by atoms with van der Waals surface area (Å²) in [6.45, 7) is 10.4. The van der Waals surface area contributed by atoms with Crippen molar-refractivity contribution in [3.8, 4) is 0 Å². The van der Waals surface area contributed by atoms with Crippen molar-refractivity contribution in [2.24, 2.45) is 0 Å². The number of hydrogen-bond donors (Lipinski definition) is 2. The van der Waals surface area contributed by atoms with Gasteiger partial charge in [0.2, 0.25) is 0 Å². The van der Waals surface area contributed by atoms with E-state index in [0.717, 1.165) is 32.5 Å². The third-order valence-electron chi connectivity index (χ3n) is 5.52. The molecule has 2 rings (SSSR count). The first-order valence-electron chi connectivity index (χ1n) is 11.7. The van der Waals surface area contributed by atoms with Gasteiger partial charge >= 0.3 is 6.03 Å². The summed E-state index contributed by atoms with van der Waals surface area (Å²) in [4.78, 5) is 33.9. The molecule has 8 nitrogen and oxygen atoms in total. The highest BCUT2D eigenvalue weighted by atomic mass is 35.5. The molecule has 194 valence electrons. The van der Waals surface area contributed by atoms with Gasteiger partial charge in [0.05, 0.1) is 23.2 Å². The van der Waals surface area contributed by atoms with Crippen molar-refractivity contribution >= 4 is 52.2 Å². The van der Waals surface area contributed by atoms with Crippen LogP contribution < -0.4 is 10.6 Å². The van der Waals surface area contributed by atoms with Crippen molar-refractivity contribution in [3.05, 3.63) is 44.3 Å². The van der Waals surface area contributed by atoms with Crippen LogP contribution in [0.1, 0.15) is 49.1 Å². The van der Waals surface area contributed by atoms with E-state index in [1.165, 1.54) is 11.3 Å². The van der Waals surface area contributed by atoms with Gasteiger partial charge in [-0.15, -0.1) is 11.3 Å². The number of amides is 3. The van der Waals surface area contributed by atoms with E-state index in [4.69, 9.17) is 27.9 Å². The highest BCUT2D eigenvalue weighted by Crippen LogP contribution is 2.25. The zero-order valence-corrected chi connectivity index (χ0v) is 23.1. The van der Waals surface area contributed by atoms with Gasteiger partial charge in [-0.3, -0.25) is 4.79 Å². The van der Waals surface area contributed by atoms with Crippen LogP contribution in [0.5, 0.6) is 0 Å². The van der Waals surface area contributed by atoms with E-state index in [-0.39, 0.29) is 24.5 Å². The van der Waals surface area contributed by atoms with Gasteiger partial charge in [0, 0.05) is 30.8 Å². The number of benzene rings is 1. The van der Waals surface area contributed by atoms with Gasteiger partial charge < -0.3 is 25.2 Å². The molecular formula is C24H35Cl2N5O3S. The summed E-state index contributed by atoms with van der Waals surface area (Å²) in [5, 5.41) is 8.98. The number of urea groups is 1. The highest BCUT2D eigenvalue weighted by molar-refractivity contribution is 7.09. The van der Waals surface area contributed by atoms with Gasteiger partial charge in [0.25, 0.3) is 5.91 Å². The fourth-order valence-electron chi connectivity index (χ4n) is 3.41. The van der Waals surface area contributed by atoms with E-state index >= 15 is 0 Å². The van der Waals surface area contributed by atoms with Gasteiger partial charge in [0.1, 0.15) is 10.7 Å². The number of carbonyl (C=O) groups is 2. The first-order chi connectivity index (χ1) is 16.8. The maximum atomic E-state index is 12.9. The maximum absolute atomic E-state index is 12.9. The lowest BCUT2D eigenvalue weighted by molar-refractivity contribution is 0.0932. The summed E-state index contributed by atoms with van der Waals surface area (Å²) in [6, 6.07) is 4.61. The molecule has 3 amide bonds. The molecule has 0 spiro atoms. The van der Waals surface area contributed by atoms with Gasteiger partial charge in [-0.05, 0) is 57.6 Å². The normalized spacial score (nSPS) is 12.0. The molecule has 11 heteroatoms. The second kappa shape index (κ2) is 15.3. The van der Waals surface area contributed by atoms with E-state index in [0.29, 0.717) is 39.6 Å². The second-order valence-corrected chi connectivity index (χ2v) is 9.90. The number of aromatic nitrogens is 1. The summed E-state index contributed by atoms with van der Waals surface area (Å²) in [5.41, 5.74) is 0.887. The Labute approximate surface area is 221 Å². The van der Waals surface area contributed by atoms with Crippen LogP contribution in [0.15, 0.2) is 23.6 Å². The average Bonchev–Trinajstić information content (AvgIpc) is 3.30. The van der Waals surface area contributed by atoms with Crippen LogP contribution in [0.4, 0.5) is 10.5 Å². The largest absolute Gasteiger partial charge is 0.383 e. The lowest BCUT2D eigenvalue weighted by Gasteiger charge is -2.22. The third-order valence-corrected chi connectivity index (χ3v) is 7.09. The number of nitrogens with zero attached hydrogens (tertiary/aromatic N) is 3. The molecule has 2 N–H and O–H groups in total. The number of nitrogens with one attached hydrogen (secondary N) is 2. The second-order valence-electron chi connectivity index (χ2n) is 8.14. The average molecular weight is 545 g/mol. The SMILES string of the molecule is CCN(CC)CCCC(C)NC(=O)c1csc(CN(CCOC)C(=O)Nc2ccc(Cl)c(Cl)c2)n1. The Morgan fingerprint density at radius 2 is 1.91 bits per heavy atom. The van der Waals surface area contributed by atoms with Gasteiger partial charge in [0.15, 0.2) is 0 Å². The van der Waals surface area contributed by atoms with Gasteiger partial charge in [-0.2, -0.15) is 0 Å². The standard InChI is InChI=1S/C24H35Cl2N5O3S/c1-5-30(6-2)11-7-8-17(3)27-23(32)21-16-35-22(29-21)15-31(12-13-34-4)24(33)28-18-9-10-19(25)20(26)14-18/h9-10,14,16-17H,5-8,11-13,15H2,1-4H3,(H,27,32)(H,28,33). The van der Waals surface area contributed by atoms with Crippen LogP contribution in [0, 0.1) is 0 Å². The molecule has 2 aromatic rings. The Morgan fingerprint density at radius 3 is 2.57 bits per heavy atom. The van der Waals surface area contributed by atoms with E-state index in [9.17, 15) is 9.59 Å². The minimum absolute atomic E-state index is 0.0541. The maximum Gasteiger partial charge on any atom is 0.322 e. The monoisotopic (exact) mass is 543 g/mol. The number of thiazole rings is 1. The Morgan fingerprint density at radius 1 is 1.17 bits per heavy atom. The molecule has 0 radical (unpaired) electrons. The summed E-state index contributed by atoms with van der Waals surface area (Å²) in [7, 11) is 1.57. The zero-order chi connectivity index (χ0) is 25.8. The topological polar surface area (TPSA) is 86.8 Å². The highest BCUT2D eigenvalue weighted by Gasteiger charge is 2.19. The van der Waals surface area contributed by atoms with Crippen LogP contribution in [-0.2, 0) is 11.3 Å². The Balaban J connectivity index is 1.94. The number of methoxy groups -OCH3 is 1. The van der Waals surface area contributed by atoms with E-state index in [2.05, 4.69) is 34.4 Å². The predicted octanol–water partition coefficient (Wildman–Crippen LogP) is 5.37. The number of hydrogen-bond acceptors (Lipinski definition) is 6. The molecule has 1 aromatic heterocycles. The van der Waals surface area contributed by atoms with Gasteiger partial charge in [-0.25, -0.2) is 9.78 Å². The summed E-state index contributed by atoms with van der Waals surface area (Å²) < 4.78 is 5.15. The van der Waals surface area contributed by atoms with Crippen molar-refractivity contribution < 1.29 is 14.3 Å². The van der Waals surface area contributed by atoms with E-state index in [1.54, 1.807) is 35.6 Å². The molecule has 0 saturated carbocycles. The molecule has 0 aliphatic rings. The van der Waals surface area contributed by atoms with E-state index < -0.39 is 0 Å². The van der Waals surface area contributed by atoms with Crippen molar-refractivity contribution in [1.29, 1.82) is 0 Å². The molecule has 1 heterocycles. The smallest absolute Gasteiger partial charge is 0.322 e. The van der Waals surface area contributed by atoms with Crippen LogP contribution in [0.25, 0.3) is 0 Å². The molecule has 1 aromatic carbocycles. The predicted molar refractivity (Wildman–Crippen MR) is 144 cm³/mol. The molecule has 0 fully saturated rings. The zero-order valence-electron chi connectivity index (χ0n) is 20.8. The Hall–Kier alpha value is -1.91. The van der Waals surface area contributed by atoms with Crippen molar-refractivity contribution in [1.82, 2.24) is 20.1 Å². The van der Waals surface area contributed by atoms with Crippen LogP contribution in [0.2, 0.25) is 10.0 Å². The minimum Gasteiger partial charge on any atom is -0.383 e. The van der Waals surface area contributed by atoms with Crippen molar-refractivity contribution in [2.75, 3.05) is 45.2 Å². The molecule has 35 heavy (non-hydrogen) atoms. The number of anilines is 1. The Kier molecular flexibility index (Phi) is 12.8. The number of rotatable bonds is 14. The molecule has 1 unspecified atom stereocenters. The molecular weight excluding hydrogens is 509 g/mol. The van der Waals surface area contributed by atoms with Crippen LogP contribution in [0.3, 0.4) is 0 Å². The van der Waals surface area contributed by atoms with Crippen LogP contribution >= 0.6 is 34.5 Å². The Bertz CT molecular complexity index is 955. The third kappa shape index (κ3) is 9.93. The van der Waals surface area contributed by atoms with E-state index in [1.807, 2.05) is 6.92 Å². The fraction of sp³-hybridized carbons (Fsp3) is 0.542. The molecule has 1 atom stereocenters. The fourth-order valence-corrected chi connectivity index (χ4v) is 4.50. The minimum atomic E-state index is -0.330. The van der Waals surface area contributed by atoms with Crippen LogP contribution in [-0.4, -0.2) is 72.7 Å². The quantitative estimate of drug-likeness (QED) is 0.334. The molecule has 0 aliphatic heterocycles.